The zero-order valence-corrected chi connectivity index (χ0v) is 37.3. The number of hydrogen-bond donors (Lipinski definition) is 0. The van der Waals surface area contributed by atoms with Crippen molar-refractivity contribution in [1.82, 2.24) is 0 Å². The van der Waals surface area contributed by atoms with Crippen LogP contribution < -0.4 is 0 Å². The Morgan fingerprint density at radius 1 is 0.125 bits per heavy atom. The van der Waals surface area contributed by atoms with E-state index in [9.17, 15) is 0 Å². The molecule has 0 rings (SSSR count). The molecule has 0 aliphatic heterocycles. The van der Waals surface area contributed by atoms with Gasteiger partial charge in [-0.3, -0.25) is 0 Å². The minimum atomic E-state index is 0. The summed E-state index contributed by atoms with van der Waals surface area (Å²) in [5.74, 6) is 0. The first-order chi connectivity index (χ1) is 0. The van der Waals surface area contributed by atoms with Gasteiger partial charge in [0.1, 0.15) is 0 Å². The molecule has 0 fully saturated rings. The van der Waals surface area contributed by atoms with Crippen molar-refractivity contribution in [1.29, 1.82) is 0 Å². The van der Waals surface area contributed by atoms with Gasteiger partial charge in [0.05, 0.1) is 0 Å². The molecule has 0 unspecified atom stereocenters. The fourth-order valence-electron chi connectivity index (χ4n) is 0. The molecule has 0 radical (unpaired) electrons. The molecule has 0 aliphatic carbocycles. The van der Waals surface area contributed by atoms with Gasteiger partial charge in [0.15, 0.2) is 0 Å². The van der Waals surface area contributed by atoms with E-state index in [1.54, 1.807) is 0 Å². The normalized spacial score (nSPS) is 0. The van der Waals surface area contributed by atoms with Crippen LogP contribution in [0.15, 0.2) is 0 Å². The van der Waals surface area contributed by atoms with Crippen molar-refractivity contribution < 1.29 is 249 Å². The Hall–Kier alpha value is 8.42. The van der Waals surface area contributed by atoms with Crippen molar-refractivity contribution >= 4 is 0 Å². The molecule has 0 saturated heterocycles. The summed E-state index contributed by atoms with van der Waals surface area (Å²) < 4.78 is 0. The molecule has 0 spiro atoms. The molecule has 0 N–H and O–H groups in total. The van der Waals surface area contributed by atoms with Gasteiger partial charge in [-0.15, -0.1) is 0 Å². The molecule has 0 aromatic heterocycles. The topological polar surface area (TPSA) is 0 Å². The van der Waals surface area contributed by atoms with Gasteiger partial charge in [-0.25, -0.2) is 0 Å². The van der Waals surface area contributed by atoms with Crippen LogP contribution in [0, 0.1) is 249 Å². The molecule has 8 heavy (non-hydrogen) atoms. The van der Waals surface area contributed by atoms with Crippen LogP contribution in [0.2, 0.25) is 0 Å². The summed E-state index contributed by atoms with van der Waals surface area (Å²) in [6.45, 7) is 0. The minimum Gasteiger partial charge on any atom is 0 e. The zero-order chi connectivity index (χ0) is 0. The Balaban J connectivity index is 0. The quantitative estimate of drug-likeness (QED) is 0.321. The molecule has 0 heterocycles. The molecular weight excluding hydrogens is 1900 g/mol. The van der Waals surface area contributed by atoms with Crippen molar-refractivity contribution in [3.8, 4) is 0 Å². The van der Waals surface area contributed by atoms with Gasteiger partial charge in [-0.1, -0.05) is 0 Å². The van der Waals surface area contributed by atoms with E-state index < -0.39 is 0 Å². The fourth-order valence-corrected chi connectivity index (χ4v) is 0. The van der Waals surface area contributed by atoms with E-state index in [-0.39, 0.29) is 249 Å². The Morgan fingerprint density at radius 2 is 0.125 bits per heavy atom. The van der Waals surface area contributed by atoms with Gasteiger partial charge >= 0.3 is 0 Å². The van der Waals surface area contributed by atoms with Crippen LogP contribution in [-0.4, -0.2) is 0 Å². The summed E-state index contributed by atoms with van der Waals surface area (Å²) in [6, 6.07) is 0. The van der Waals surface area contributed by atoms with Gasteiger partial charge in [-0.2, -0.15) is 0 Å². The maximum Gasteiger partial charge on any atom is 0 e. The molecule has 8 heteroatoms. The van der Waals surface area contributed by atoms with Crippen LogP contribution >= 0.6 is 0 Å². The van der Waals surface area contributed by atoms with E-state index in [4.69, 9.17) is 0 Å². The molecular formula is U8. The smallest absolute Gasteiger partial charge is 0 e. The summed E-state index contributed by atoms with van der Waals surface area (Å²) in [6.07, 6.45) is 0. The van der Waals surface area contributed by atoms with Crippen molar-refractivity contribution in [3.63, 3.8) is 0 Å². The zero-order valence-electron chi connectivity index (χ0n) is 4.00. The van der Waals surface area contributed by atoms with Gasteiger partial charge in [0, 0.05) is 249 Å². The van der Waals surface area contributed by atoms with Gasteiger partial charge in [0.25, 0.3) is 0 Å². The summed E-state index contributed by atoms with van der Waals surface area (Å²) in [7, 11) is 0. The van der Waals surface area contributed by atoms with Crippen molar-refractivity contribution in [2.45, 2.75) is 0 Å². The third-order valence-electron chi connectivity index (χ3n) is 0. The summed E-state index contributed by atoms with van der Waals surface area (Å²) >= 11 is 0. The number of rotatable bonds is 0. The number of hydrogen-bond acceptors (Lipinski definition) is 0. The third kappa shape index (κ3) is 36.6. The van der Waals surface area contributed by atoms with Crippen LogP contribution in [0.4, 0.5) is 0 Å². The molecule has 0 atom stereocenters. The molecule has 0 aromatic rings. The standard InChI is InChI=1S/8U. The Morgan fingerprint density at radius 3 is 0.125 bits per heavy atom. The van der Waals surface area contributed by atoms with Crippen LogP contribution in [0.25, 0.3) is 0 Å². The van der Waals surface area contributed by atoms with E-state index >= 15 is 0 Å². The van der Waals surface area contributed by atoms with Gasteiger partial charge < -0.3 is 0 Å². The summed E-state index contributed by atoms with van der Waals surface area (Å²) in [5.41, 5.74) is 0. The maximum absolute atomic E-state index is 0. The van der Waals surface area contributed by atoms with Crippen molar-refractivity contribution in [2.24, 2.45) is 0 Å². The molecule has 0 aromatic carbocycles. The second-order valence-electron chi connectivity index (χ2n) is 0. The molecule has 0 bridgehead atoms. The largest absolute Gasteiger partial charge is 0 e. The maximum atomic E-state index is 0. The van der Waals surface area contributed by atoms with E-state index in [0.29, 0.717) is 0 Å². The molecule has 0 amide bonds. The van der Waals surface area contributed by atoms with Crippen LogP contribution in [0.1, 0.15) is 0 Å². The minimum absolute atomic E-state index is 0. The fraction of sp³-hybridized carbons (Fsp3) is 0. The van der Waals surface area contributed by atoms with E-state index in [2.05, 4.69) is 0 Å². The summed E-state index contributed by atoms with van der Waals surface area (Å²) in [4.78, 5) is 0. The second-order valence-corrected chi connectivity index (χ2v) is 0. The molecule has 0 aliphatic rings. The second kappa shape index (κ2) is 45.2. The summed E-state index contributed by atoms with van der Waals surface area (Å²) in [5, 5.41) is 0. The third-order valence-corrected chi connectivity index (χ3v) is 0. The van der Waals surface area contributed by atoms with Crippen LogP contribution in [0.5, 0.6) is 0 Å². The predicted molar refractivity (Wildman–Crippen MR) is 0 cm³/mol. The predicted octanol–water partition coefficient (Wildman–Crippen LogP) is 0. The first-order valence-electron chi connectivity index (χ1n) is 0. The van der Waals surface area contributed by atoms with Gasteiger partial charge in [-0.05, 0) is 0 Å². The average molecular weight is 1900 g/mol. The Labute approximate surface area is 240 Å². The SMILES string of the molecule is [U].[U].[U].[U].[U].[U].[U].[U]. The molecule has 0 saturated carbocycles. The van der Waals surface area contributed by atoms with Crippen molar-refractivity contribution in [3.05, 3.63) is 0 Å². The van der Waals surface area contributed by atoms with Crippen LogP contribution in [0.3, 0.4) is 0 Å². The van der Waals surface area contributed by atoms with E-state index in [0.717, 1.165) is 0 Å². The van der Waals surface area contributed by atoms with E-state index in [1.165, 1.54) is 0 Å². The first kappa shape index (κ1) is 55.1. The van der Waals surface area contributed by atoms with E-state index in [1.807, 2.05) is 0 Å². The Bertz CT molecular complexity index is 0. The van der Waals surface area contributed by atoms with Crippen LogP contribution in [-0.2, 0) is 0 Å². The van der Waals surface area contributed by atoms with Gasteiger partial charge in [0.2, 0.25) is 0 Å². The molecule has 0 nitrogen and oxygen atoms in total. The Kier molecular flexibility index (Phi) is 311. The van der Waals surface area contributed by atoms with Crippen molar-refractivity contribution in [2.75, 3.05) is 0 Å². The average Bonchev–Trinajstić information content (AvgIpc) is 0. The monoisotopic (exact) mass is 1900 g/mol. The molecule has 32 valence electrons. The first-order valence-corrected chi connectivity index (χ1v) is 0.